The predicted molar refractivity (Wildman–Crippen MR) is 156 cm³/mol. The lowest BCUT2D eigenvalue weighted by Crippen LogP contribution is -2.28. The SMILES string of the molecule is Cc1c(C#Cc2ccc(C=O)cc2)cc(C(F)(F)F)c2cn(C(C(=O)Nc3nccs3)c3ncn4c3CCC4(C)C)nc12. The molecular formula is C31H25F3N6O2S. The van der Waals surface area contributed by atoms with Crippen LogP contribution in [0.1, 0.15) is 70.3 Å². The second kappa shape index (κ2) is 10.5. The number of benzene rings is 2. The highest BCUT2D eigenvalue weighted by molar-refractivity contribution is 7.13. The van der Waals surface area contributed by atoms with Crippen molar-refractivity contribution in [2.24, 2.45) is 0 Å². The first kappa shape index (κ1) is 28.4. The first-order valence-corrected chi connectivity index (χ1v) is 14.3. The average Bonchev–Trinajstić information content (AvgIpc) is 3.76. The van der Waals surface area contributed by atoms with E-state index in [1.807, 2.05) is 4.57 Å². The first-order chi connectivity index (χ1) is 20.5. The predicted octanol–water partition coefficient (Wildman–Crippen LogP) is 6.14. The number of nitrogens with zero attached hydrogens (tertiary/aromatic N) is 5. The van der Waals surface area contributed by atoms with Gasteiger partial charge in [0.25, 0.3) is 5.91 Å². The van der Waals surface area contributed by atoms with Crippen LogP contribution in [0.2, 0.25) is 0 Å². The number of alkyl halides is 3. The summed E-state index contributed by atoms with van der Waals surface area (Å²) in [6, 6.07) is 6.28. The Hall–Kier alpha value is -4.76. The quantitative estimate of drug-likeness (QED) is 0.193. The van der Waals surface area contributed by atoms with Gasteiger partial charge < -0.3 is 4.57 Å². The summed E-state index contributed by atoms with van der Waals surface area (Å²) in [6.45, 7) is 5.79. The number of amides is 1. The number of rotatable bonds is 5. The highest BCUT2D eigenvalue weighted by Crippen LogP contribution is 2.39. The molecule has 0 bridgehead atoms. The summed E-state index contributed by atoms with van der Waals surface area (Å²) >= 11 is 1.23. The number of anilines is 1. The van der Waals surface area contributed by atoms with Gasteiger partial charge in [-0.2, -0.15) is 18.3 Å². The Balaban J connectivity index is 1.50. The standard InChI is InChI=1S/C31H25F3N6O2S/c1-18-21(9-8-19-4-6-20(16-41)7-5-19)14-23(31(32,33)34)22-15-40(38-25(18)22)27(28(42)37-29-35-12-13-43-29)26-24-10-11-30(2,3)39(24)17-36-26/h4-7,12-17,27H,10-11H2,1-3H3,(H,35,37,42). The molecule has 6 rings (SSSR count). The Morgan fingerprint density at radius 3 is 2.63 bits per heavy atom. The molecule has 0 spiro atoms. The van der Waals surface area contributed by atoms with Crippen LogP contribution in [-0.4, -0.2) is 36.5 Å². The Morgan fingerprint density at radius 1 is 1.19 bits per heavy atom. The Bertz CT molecular complexity index is 1930. The Kier molecular flexibility index (Phi) is 6.93. The lowest BCUT2D eigenvalue weighted by molar-refractivity contribution is -0.136. The van der Waals surface area contributed by atoms with Crippen molar-refractivity contribution < 1.29 is 22.8 Å². The molecule has 1 aliphatic heterocycles. The van der Waals surface area contributed by atoms with Crippen molar-refractivity contribution in [1.82, 2.24) is 24.3 Å². The maximum atomic E-state index is 14.4. The maximum Gasteiger partial charge on any atom is 0.417 e. The normalized spacial score (nSPS) is 14.7. The molecule has 1 N–H and O–H groups in total. The van der Waals surface area contributed by atoms with Gasteiger partial charge in [0, 0.05) is 51.1 Å². The molecule has 218 valence electrons. The van der Waals surface area contributed by atoms with Crippen LogP contribution in [0.4, 0.5) is 18.3 Å². The van der Waals surface area contributed by atoms with E-state index in [9.17, 15) is 22.8 Å². The zero-order valence-corrected chi connectivity index (χ0v) is 24.2. The van der Waals surface area contributed by atoms with E-state index in [4.69, 9.17) is 0 Å². The smallest absolute Gasteiger partial charge is 0.329 e. The number of aromatic nitrogens is 5. The fourth-order valence-electron chi connectivity index (χ4n) is 5.36. The molecular weight excluding hydrogens is 577 g/mol. The molecule has 5 aromatic rings. The molecule has 4 heterocycles. The van der Waals surface area contributed by atoms with Crippen LogP contribution in [0.25, 0.3) is 10.9 Å². The number of halogens is 3. The van der Waals surface area contributed by atoms with Crippen LogP contribution in [0.15, 0.2) is 54.4 Å². The third kappa shape index (κ3) is 5.21. The van der Waals surface area contributed by atoms with Gasteiger partial charge in [0.15, 0.2) is 11.2 Å². The summed E-state index contributed by atoms with van der Waals surface area (Å²) in [5.74, 6) is 5.21. The highest BCUT2D eigenvalue weighted by Gasteiger charge is 2.39. The summed E-state index contributed by atoms with van der Waals surface area (Å²) in [7, 11) is 0. The molecule has 2 aromatic carbocycles. The van der Waals surface area contributed by atoms with Crippen LogP contribution in [-0.2, 0) is 22.9 Å². The summed E-state index contributed by atoms with van der Waals surface area (Å²) in [5, 5.41) is 9.27. The number of nitrogens with one attached hydrogen (secondary N) is 1. The minimum absolute atomic E-state index is 0.0821. The lowest BCUT2D eigenvalue weighted by Gasteiger charge is -2.20. The second-order valence-electron chi connectivity index (χ2n) is 10.9. The number of aldehydes is 1. The van der Waals surface area contributed by atoms with Crippen molar-refractivity contribution >= 4 is 39.6 Å². The molecule has 0 saturated heterocycles. The van der Waals surface area contributed by atoms with E-state index in [2.05, 4.69) is 46.1 Å². The van der Waals surface area contributed by atoms with Crippen LogP contribution >= 0.6 is 11.3 Å². The molecule has 43 heavy (non-hydrogen) atoms. The minimum atomic E-state index is -4.71. The van der Waals surface area contributed by atoms with Gasteiger partial charge in [0.2, 0.25) is 0 Å². The molecule has 8 nitrogen and oxygen atoms in total. The Labute approximate surface area is 248 Å². The van der Waals surface area contributed by atoms with Gasteiger partial charge in [-0.15, -0.1) is 11.3 Å². The van der Waals surface area contributed by atoms with Crippen molar-refractivity contribution in [3.63, 3.8) is 0 Å². The van der Waals surface area contributed by atoms with Crippen molar-refractivity contribution in [3.8, 4) is 11.8 Å². The highest BCUT2D eigenvalue weighted by atomic mass is 32.1. The van der Waals surface area contributed by atoms with Crippen LogP contribution in [0.5, 0.6) is 0 Å². The van der Waals surface area contributed by atoms with Crippen LogP contribution in [0, 0.1) is 18.8 Å². The first-order valence-electron chi connectivity index (χ1n) is 13.4. The third-order valence-electron chi connectivity index (χ3n) is 7.72. The van der Waals surface area contributed by atoms with Gasteiger partial charge in [0.1, 0.15) is 6.29 Å². The monoisotopic (exact) mass is 602 g/mol. The summed E-state index contributed by atoms with van der Waals surface area (Å²) in [5.41, 5.74) is 1.82. The molecule has 0 aliphatic carbocycles. The zero-order valence-electron chi connectivity index (χ0n) is 23.4. The van der Waals surface area contributed by atoms with Crippen LogP contribution < -0.4 is 5.32 Å². The van der Waals surface area contributed by atoms with E-state index in [0.29, 0.717) is 40.2 Å². The van der Waals surface area contributed by atoms with Gasteiger partial charge >= 0.3 is 6.18 Å². The fourth-order valence-corrected chi connectivity index (χ4v) is 5.90. The Morgan fingerprint density at radius 2 is 1.95 bits per heavy atom. The summed E-state index contributed by atoms with van der Waals surface area (Å²) in [6.07, 6.45) is 1.96. The molecule has 0 saturated carbocycles. The number of thiazole rings is 1. The number of fused-ring (bicyclic) bond motifs is 2. The van der Waals surface area contributed by atoms with E-state index in [0.717, 1.165) is 18.2 Å². The van der Waals surface area contributed by atoms with Crippen molar-refractivity contribution in [2.45, 2.75) is 51.4 Å². The molecule has 1 amide bonds. The minimum Gasteiger partial charge on any atom is -0.329 e. The van der Waals surface area contributed by atoms with E-state index in [1.54, 1.807) is 49.1 Å². The van der Waals surface area contributed by atoms with Crippen molar-refractivity contribution in [2.75, 3.05) is 5.32 Å². The van der Waals surface area contributed by atoms with Crippen molar-refractivity contribution in [3.05, 3.63) is 93.6 Å². The molecule has 12 heteroatoms. The molecule has 1 aliphatic rings. The van der Waals surface area contributed by atoms with Gasteiger partial charge in [0.05, 0.1) is 23.1 Å². The number of hydrogen-bond acceptors (Lipinski definition) is 6. The maximum absolute atomic E-state index is 14.4. The van der Waals surface area contributed by atoms with Gasteiger partial charge in [-0.3, -0.25) is 19.6 Å². The second-order valence-corrected chi connectivity index (χ2v) is 11.8. The molecule has 0 fully saturated rings. The van der Waals surface area contributed by atoms with E-state index < -0.39 is 23.7 Å². The topological polar surface area (TPSA) is 94.7 Å². The van der Waals surface area contributed by atoms with Gasteiger partial charge in [-0.1, -0.05) is 24.0 Å². The van der Waals surface area contributed by atoms with E-state index >= 15 is 0 Å². The summed E-state index contributed by atoms with van der Waals surface area (Å²) < 4.78 is 46.5. The van der Waals surface area contributed by atoms with Crippen molar-refractivity contribution in [1.29, 1.82) is 0 Å². The van der Waals surface area contributed by atoms with E-state index in [-0.39, 0.29) is 22.0 Å². The molecule has 3 aromatic heterocycles. The third-order valence-corrected chi connectivity index (χ3v) is 8.41. The number of carbonyl (C=O) groups excluding carboxylic acids is 2. The number of carbonyl (C=O) groups is 2. The van der Waals surface area contributed by atoms with E-state index in [1.165, 1.54) is 22.2 Å². The number of hydrogen-bond donors (Lipinski definition) is 1. The molecule has 1 atom stereocenters. The summed E-state index contributed by atoms with van der Waals surface area (Å²) in [4.78, 5) is 33.4. The van der Waals surface area contributed by atoms with Crippen LogP contribution in [0.3, 0.4) is 0 Å². The fraction of sp³-hybridized carbons (Fsp3) is 0.258. The molecule has 0 radical (unpaired) electrons. The lowest BCUT2D eigenvalue weighted by atomic mass is 10.00. The van der Waals surface area contributed by atoms with Gasteiger partial charge in [-0.05, 0) is 57.4 Å². The average molecular weight is 603 g/mol. The number of imidazole rings is 1. The van der Waals surface area contributed by atoms with Gasteiger partial charge in [-0.25, -0.2) is 9.97 Å². The zero-order chi connectivity index (χ0) is 30.5. The molecule has 1 unspecified atom stereocenters. The largest absolute Gasteiger partial charge is 0.417 e. The number of aryl methyl sites for hydroxylation is 1.